The number of aliphatic hydroxyl groups excluding tert-OH is 1. The molecule has 86 valence electrons. The molecule has 1 aliphatic carbocycles. The quantitative estimate of drug-likeness (QED) is 0.790. The maximum atomic E-state index is 9.82. The Balaban J connectivity index is 2.15. The molecule has 2 heteroatoms. The Hall–Kier alpha value is -1.28. The molecule has 0 saturated carbocycles. The summed E-state index contributed by atoms with van der Waals surface area (Å²) in [6.07, 6.45) is 2.67. The standard InChI is InChI=1S/C14H18O2/c1-10(2)9-16-12-6-7-13-11(8-12)4-3-5-14(13)15/h6-8,14-15H,1,3-5,9H2,2H3. The number of fused-ring (bicyclic) bond motifs is 1. The molecule has 0 radical (unpaired) electrons. The molecule has 1 aromatic carbocycles. The van der Waals surface area contributed by atoms with Crippen LogP contribution in [0.3, 0.4) is 0 Å². The number of ether oxygens (including phenoxy) is 1. The topological polar surface area (TPSA) is 29.5 Å². The number of aryl methyl sites for hydroxylation is 1. The molecule has 2 nitrogen and oxygen atoms in total. The van der Waals surface area contributed by atoms with E-state index in [4.69, 9.17) is 4.74 Å². The van der Waals surface area contributed by atoms with Gasteiger partial charge >= 0.3 is 0 Å². The fourth-order valence-corrected chi connectivity index (χ4v) is 2.06. The van der Waals surface area contributed by atoms with Crippen molar-refractivity contribution in [2.24, 2.45) is 0 Å². The molecule has 16 heavy (non-hydrogen) atoms. The van der Waals surface area contributed by atoms with Crippen molar-refractivity contribution in [3.63, 3.8) is 0 Å². The van der Waals surface area contributed by atoms with Gasteiger partial charge in [-0.05, 0) is 55.0 Å². The van der Waals surface area contributed by atoms with Crippen molar-refractivity contribution in [3.8, 4) is 5.75 Å². The van der Waals surface area contributed by atoms with Crippen LogP contribution in [-0.2, 0) is 6.42 Å². The fraction of sp³-hybridized carbons (Fsp3) is 0.429. The fourth-order valence-electron chi connectivity index (χ4n) is 2.06. The summed E-state index contributed by atoms with van der Waals surface area (Å²) >= 11 is 0. The molecule has 0 bridgehead atoms. The van der Waals surface area contributed by atoms with E-state index in [2.05, 4.69) is 6.58 Å². The number of benzene rings is 1. The van der Waals surface area contributed by atoms with E-state index in [1.165, 1.54) is 5.56 Å². The highest BCUT2D eigenvalue weighted by molar-refractivity contribution is 5.38. The second-order valence-electron chi connectivity index (χ2n) is 4.51. The lowest BCUT2D eigenvalue weighted by molar-refractivity contribution is 0.156. The molecule has 0 fully saturated rings. The third-order valence-corrected chi connectivity index (χ3v) is 2.88. The van der Waals surface area contributed by atoms with Crippen LogP contribution < -0.4 is 4.74 Å². The van der Waals surface area contributed by atoms with Crippen LogP contribution in [0, 0.1) is 0 Å². The van der Waals surface area contributed by atoms with Crippen molar-refractivity contribution in [1.29, 1.82) is 0 Å². The third kappa shape index (κ3) is 2.45. The van der Waals surface area contributed by atoms with Crippen molar-refractivity contribution < 1.29 is 9.84 Å². The van der Waals surface area contributed by atoms with E-state index < -0.39 is 0 Å². The predicted molar refractivity (Wildman–Crippen MR) is 64.6 cm³/mol. The van der Waals surface area contributed by atoms with Gasteiger partial charge in [0.25, 0.3) is 0 Å². The highest BCUT2D eigenvalue weighted by atomic mass is 16.5. The van der Waals surface area contributed by atoms with E-state index in [9.17, 15) is 5.11 Å². The first kappa shape index (κ1) is 11.2. The number of aliphatic hydroxyl groups is 1. The van der Waals surface area contributed by atoms with Crippen LogP contribution in [0.25, 0.3) is 0 Å². The predicted octanol–water partition coefficient (Wildman–Crippen LogP) is 3.01. The molecule has 0 aliphatic heterocycles. The lowest BCUT2D eigenvalue weighted by Gasteiger charge is -2.21. The molecule has 1 atom stereocenters. The Kier molecular flexibility index (Phi) is 3.30. The summed E-state index contributed by atoms with van der Waals surface area (Å²) in [5, 5.41) is 9.82. The van der Waals surface area contributed by atoms with Crippen molar-refractivity contribution >= 4 is 0 Å². The number of hydrogen-bond donors (Lipinski definition) is 1. The lowest BCUT2D eigenvalue weighted by Crippen LogP contribution is -2.09. The Morgan fingerprint density at radius 2 is 2.38 bits per heavy atom. The van der Waals surface area contributed by atoms with Crippen molar-refractivity contribution in [3.05, 3.63) is 41.5 Å². The van der Waals surface area contributed by atoms with Crippen LogP contribution in [0.4, 0.5) is 0 Å². The van der Waals surface area contributed by atoms with Gasteiger partial charge in [0, 0.05) is 0 Å². The summed E-state index contributed by atoms with van der Waals surface area (Å²) in [5.41, 5.74) is 3.30. The summed E-state index contributed by atoms with van der Waals surface area (Å²) < 4.78 is 5.59. The first-order valence-electron chi connectivity index (χ1n) is 5.75. The SMILES string of the molecule is C=C(C)COc1ccc2c(c1)CCCC2O. The molecule has 1 N–H and O–H groups in total. The van der Waals surface area contributed by atoms with Gasteiger partial charge in [-0.1, -0.05) is 12.6 Å². The lowest BCUT2D eigenvalue weighted by atomic mass is 9.89. The highest BCUT2D eigenvalue weighted by Gasteiger charge is 2.17. The first-order valence-corrected chi connectivity index (χ1v) is 5.75. The average Bonchev–Trinajstić information content (AvgIpc) is 2.26. The summed E-state index contributed by atoms with van der Waals surface area (Å²) in [4.78, 5) is 0. The van der Waals surface area contributed by atoms with E-state index in [0.29, 0.717) is 6.61 Å². The number of rotatable bonds is 3. The van der Waals surface area contributed by atoms with Gasteiger partial charge in [-0.3, -0.25) is 0 Å². The zero-order chi connectivity index (χ0) is 11.5. The molecule has 0 heterocycles. The highest BCUT2D eigenvalue weighted by Crippen LogP contribution is 2.31. The Labute approximate surface area is 96.6 Å². The Morgan fingerprint density at radius 3 is 3.12 bits per heavy atom. The van der Waals surface area contributed by atoms with E-state index in [0.717, 1.165) is 36.1 Å². The van der Waals surface area contributed by atoms with E-state index in [-0.39, 0.29) is 6.10 Å². The van der Waals surface area contributed by atoms with Crippen molar-refractivity contribution in [1.82, 2.24) is 0 Å². The molecule has 1 aromatic rings. The summed E-state index contributed by atoms with van der Waals surface area (Å²) in [6, 6.07) is 5.95. The maximum absolute atomic E-state index is 9.82. The summed E-state index contributed by atoms with van der Waals surface area (Å²) in [7, 11) is 0. The monoisotopic (exact) mass is 218 g/mol. The zero-order valence-electron chi connectivity index (χ0n) is 9.70. The van der Waals surface area contributed by atoms with Gasteiger partial charge in [0.1, 0.15) is 12.4 Å². The largest absolute Gasteiger partial charge is 0.489 e. The molecule has 0 amide bonds. The maximum Gasteiger partial charge on any atom is 0.120 e. The zero-order valence-corrected chi connectivity index (χ0v) is 9.70. The van der Waals surface area contributed by atoms with E-state index >= 15 is 0 Å². The molecule has 0 saturated heterocycles. The van der Waals surface area contributed by atoms with Gasteiger partial charge in [0.15, 0.2) is 0 Å². The minimum atomic E-state index is -0.293. The van der Waals surface area contributed by atoms with Gasteiger partial charge in [-0.2, -0.15) is 0 Å². The number of hydrogen-bond acceptors (Lipinski definition) is 2. The van der Waals surface area contributed by atoms with Gasteiger partial charge in [-0.15, -0.1) is 0 Å². The molecular weight excluding hydrogens is 200 g/mol. The third-order valence-electron chi connectivity index (χ3n) is 2.88. The van der Waals surface area contributed by atoms with Crippen molar-refractivity contribution in [2.45, 2.75) is 32.3 Å². The molecule has 1 aliphatic rings. The summed E-state index contributed by atoms with van der Waals surface area (Å²) in [5.74, 6) is 0.871. The molecule has 0 spiro atoms. The second-order valence-corrected chi connectivity index (χ2v) is 4.51. The van der Waals surface area contributed by atoms with E-state index in [1.54, 1.807) is 0 Å². The van der Waals surface area contributed by atoms with Crippen LogP contribution in [0.5, 0.6) is 5.75 Å². The van der Waals surface area contributed by atoms with Gasteiger partial charge in [0.05, 0.1) is 6.10 Å². The molecular formula is C14H18O2. The Bertz CT molecular complexity index is 396. The van der Waals surface area contributed by atoms with Gasteiger partial charge in [-0.25, -0.2) is 0 Å². The van der Waals surface area contributed by atoms with Crippen LogP contribution in [0.2, 0.25) is 0 Å². The van der Waals surface area contributed by atoms with Crippen LogP contribution in [0.1, 0.15) is 37.0 Å². The van der Waals surface area contributed by atoms with Gasteiger partial charge in [0.2, 0.25) is 0 Å². The second kappa shape index (κ2) is 4.71. The normalized spacial score (nSPS) is 19.0. The molecule has 1 unspecified atom stereocenters. The van der Waals surface area contributed by atoms with Crippen molar-refractivity contribution in [2.75, 3.05) is 6.61 Å². The van der Waals surface area contributed by atoms with E-state index in [1.807, 2.05) is 25.1 Å². The van der Waals surface area contributed by atoms with Crippen LogP contribution in [0.15, 0.2) is 30.4 Å². The van der Waals surface area contributed by atoms with Crippen LogP contribution in [-0.4, -0.2) is 11.7 Å². The van der Waals surface area contributed by atoms with Gasteiger partial charge < -0.3 is 9.84 Å². The average molecular weight is 218 g/mol. The summed E-state index contributed by atoms with van der Waals surface area (Å²) in [6.45, 7) is 6.31. The first-order chi connectivity index (χ1) is 7.66. The Morgan fingerprint density at radius 1 is 1.56 bits per heavy atom. The molecule has 0 aromatic heterocycles. The smallest absolute Gasteiger partial charge is 0.120 e. The minimum absolute atomic E-state index is 0.293. The minimum Gasteiger partial charge on any atom is -0.489 e. The molecule has 2 rings (SSSR count). The van der Waals surface area contributed by atoms with Crippen LogP contribution >= 0.6 is 0 Å².